The molecule has 1 atom stereocenters. The Kier molecular flexibility index (Phi) is 16.2. The van der Waals surface area contributed by atoms with Crippen LogP contribution in [0.2, 0.25) is 0 Å². The van der Waals surface area contributed by atoms with Crippen molar-refractivity contribution in [2.45, 2.75) is 58.3 Å². The van der Waals surface area contributed by atoms with Crippen molar-refractivity contribution >= 4 is 55.2 Å². The molecule has 57 heavy (non-hydrogen) atoms. The number of H-pyrrole nitrogens is 1. The number of nitrogen functional groups attached to an aromatic ring is 1. The van der Waals surface area contributed by atoms with E-state index in [-0.39, 0.29) is 42.4 Å². The summed E-state index contributed by atoms with van der Waals surface area (Å²) >= 11 is 0. The molecular formula is C35H39F3N7O11P. The first-order valence-corrected chi connectivity index (χ1v) is 18.4. The lowest BCUT2D eigenvalue weighted by Crippen LogP contribution is -2.41. The highest BCUT2D eigenvalue weighted by atomic mass is 31.2. The molecule has 2 aromatic heterocycles. The number of anilines is 2. The molecule has 22 heteroatoms. The minimum absolute atomic E-state index is 0.00225. The Balaban J connectivity index is 1.30. The van der Waals surface area contributed by atoms with Gasteiger partial charge in [0.2, 0.25) is 5.95 Å². The molecule has 2 heterocycles. The molecule has 0 aliphatic carbocycles. The van der Waals surface area contributed by atoms with E-state index in [1.54, 1.807) is 13.8 Å². The van der Waals surface area contributed by atoms with Gasteiger partial charge in [-0.1, -0.05) is 0 Å². The van der Waals surface area contributed by atoms with Gasteiger partial charge in [-0.2, -0.15) is 18.2 Å². The number of alkyl halides is 3. The van der Waals surface area contributed by atoms with E-state index in [2.05, 4.69) is 30.6 Å². The number of nitrogens with zero attached hydrogens (tertiary/aromatic N) is 3. The fraction of sp³-hybridized carbons (Fsp3) is 0.371. The molecule has 4 rings (SSSR count). The normalized spacial score (nSPS) is 12.0. The molecule has 0 fully saturated rings. The summed E-state index contributed by atoms with van der Waals surface area (Å²) in [6.07, 6.45) is -3.85. The second-order valence-corrected chi connectivity index (χ2v) is 13.0. The van der Waals surface area contributed by atoms with Crippen LogP contribution in [0.3, 0.4) is 0 Å². The number of benzene rings is 2. The molecule has 1 amide bonds. The lowest BCUT2D eigenvalue weighted by molar-refractivity contribution is -0.141. The summed E-state index contributed by atoms with van der Waals surface area (Å²) in [6.45, 7) is 4.60. The maximum absolute atomic E-state index is 13.5. The van der Waals surface area contributed by atoms with Gasteiger partial charge < -0.3 is 44.5 Å². The number of carbonyl (C=O) groups excluding carboxylic acids is 3. The average Bonchev–Trinajstić information content (AvgIpc) is 3.16. The van der Waals surface area contributed by atoms with Gasteiger partial charge >= 0.3 is 32.7 Å². The maximum atomic E-state index is 13.5. The van der Waals surface area contributed by atoms with Gasteiger partial charge in [-0.25, -0.2) is 19.6 Å². The van der Waals surface area contributed by atoms with Gasteiger partial charge in [-0.05, 0) is 75.6 Å². The first kappa shape index (κ1) is 44.0. The lowest BCUT2D eigenvalue weighted by atomic mass is 10.1. The minimum Gasteiger partial charge on any atom is -0.480 e. The Morgan fingerprint density at radius 1 is 0.982 bits per heavy atom. The number of nitrogens with one attached hydrogen (secondary N) is 3. The van der Waals surface area contributed by atoms with Crippen LogP contribution in [0.4, 0.5) is 24.8 Å². The number of esters is 2. The third-order valence-electron chi connectivity index (χ3n) is 7.54. The quantitative estimate of drug-likeness (QED) is 0.0329. The van der Waals surface area contributed by atoms with Crippen LogP contribution < -0.4 is 26.7 Å². The van der Waals surface area contributed by atoms with Crippen molar-refractivity contribution in [2.24, 2.45) is 0 Å². The number of unbranched alkanes of at least 4 members (excludes halogenated alkanes) is 1. The summed E-state index contributed by atoms with van der Waals surface area (Å²) in [5.41, 5.74) is 4.37. The van der Waals surface area contributed by atoms with E-state index in [1.807, 2.05) is 0 Å². The van der Waals surface area contributed by atoms with Crippen LogP contribution >= 0.6 is 8.60 Å². The van der Waals surface area contributed by atoms with Crippen LogP contribution in [-0.4, -0.2) is 81.3 Å². The summed E-state index contributed by atoms with van der Waals surface area (Å²) in [5, 5.41) is 15.1. The third kappa shape index (κ3) is 13.4. The monoisotopic (exact) mass is 821 g/mol. The van der Waals surface area contributed by atoms with Gasteiger partial charge in [0.25, 0.3) is 11.5 Å². The van der Waals surface area contributed by atoms with Crippen LogP contribution in [0.5, 0.6) is 5.75 Å². The second kappa shape index (κ2) is 21.0. The first-order valence-electron chi connectivity index (χ1n) is 17.3. The maximum Gasteiger partial charge on any atom is 0.416 e. The SMILES string of the molecule is CCOP(OCC)OCCCCOC(=O)c1ccc(C(F)(F)F)cc1OC(=O)CC[C@H](NC(=O)c1ccc(NCc2cnc3nc(N)[nH]c(=O)c3n2)cc1)C(=O)O. The van der Waals surface area contributed by atoms with Crippen molar-refractivity contribution in [3.05, 3.63) is 81.4 Å². The van der Waals surface area contributed by atoms with Crippen LogP contribution in [-0.2, 0) is 40.6 Å². The number of amides is 1. The third-order valence-corrected chi connectivity index (χ3v) is 8.87. The number of rotatable bonds is 21. The fourth-order valence-electron chi connectivity index (χ4n) is 4.78. The predicted molar refractivity (Wildman–Crippen MR) is 197 cm³/mol. The Labute approximate surface area is 323 Å². The number of carboxylic acids is 1. The molecule has 0 spiro atoms. The standard InChI is InChI=1S/C35H39F3N7O11P/c1-3-53-57(54-4-2)55-16-6-5-15-52-33(51)24-12-9-21(35(36,37)38)17-26(24)56-27(46)14-13-25(32(49)50)43-30(47)20-7-10-22(11-8-20)40-18-23-19-41-29-28(42-23)31(48)45-34(39)44-29/h7-12,17,19,25,40H,3-6,13-16,18H2,1-2H3,(H,43,47)(H,49,50)(H3,39,41,44,45,48)/t25-/m0/s1. The minimum atomic E-state index is -4.85. The molecule has 2 aromatic carbocycles. The summed E-state index contributed by atoms with van der Waals surface area (Å²) in [4.78, 5) is 77.1. The number of carboxylic acid groups (broad SMARTS) is 1. The van der Waals surface area contributed by atoms with Crippen LogP contribution in [0.1, 0.15) is 71.5 Å². The zero-order valence-electron chi connectivity index (χ0n) is 30.6. The number of hydrogen-bond donors (Lipinski definition) is 5. The van der Waals surface area contributed by atoms with E-state index in [4.69, 9.17) is 28.8 Å². The second-order valence-electron chi connectivity index (χ2n) is 11.7. The number of hydrogen-bond acceptors (Lipinski definition) is 15. The van der Waals surface area contributed by atoms with Crippen molar-refractivity contribution in [1.29, 1.82) is 0 Å². The Morgan fingerprint density at radius 2 is 1.68 bits per heavy atom. The number of aromatic amines is 1. The van der Waals surface area contributed by atoms with Crippen molar-refractivity contribution < 1.29 is 60.5 Å². The van der Waals surface area contributed by atoms with Crippen molar-refractivity contribution in [1.82, 2.24) is 25.3 Å². The molecule has 0 aliphatic rings. The van der Waals surface area contributed by atoms with E-state index in [1.165, 1.54) is 30.5 Å². The highest BCUT2D eigenvalue weighted by Crippen LogP contribution is 2.39. The van der Waals surface area contributed by atoms with Gasteiger partial charge in [0.05, 0.1) is 50.4 Å². The number of ether oxygens (including phenoxy) is 2. The molecule has 306 valence electrons. The van der Waals surface area contributed by atoms with E-state index in [0.29, 0.717) is 49.6 Å². The van der Waals surface area contributed by atoms with Crippen molar-refractivity contribution in [2.75, 3.05) is 37.5 Å². The summed E-state index contributed by atoms with van der Waals surface area (Å²) in [5.74, 6) is -5.36. The van der Waals surface area contributed by atoms with Gasteiger partial charge in [-0.3, -0.25) is 19.4 Å². The van der Waals surface area contributed by atoms with E-state index >= 15 is 0 Å². The van der Waals surface area contributed by atoms with Crippen molar-refractivity contribution in [3.8, 4) is 5.75 Å². The molecule has 0 saturated heterocycles. The summed E-state index contributed by atoms with van der Waals surface area (Å²) in [7, 11) is -1.51. The average molecular weight is 822 g/mol. The molecule has 0 saturated carbocycles. The molecular weight excluding hydrogens is 782 g/mol. The number of halogens is 3. The number of carbonyl (C=O) groups is 4. The summed E-state index contributed by atoms with van der Waals surface area (Å²) in [6, 6.07) is 6.16. The lowest BCUT2D eigenvalue weighted by Gasteiger charge is -2.16. The van der Waals surface area contributed by atoms with Crippen LogP contribution in [0, 0.1) is 0 Å². The van der Waals surface area contributed by atoms with E-state index in [0.717, 1.165) is 6.07 Å². The van der Waals surface area contributed by atoms with Gasteiger partial charge in [-0.15, -0.1) is 0 Å². The number of aromatic nitrogens is 4. The summed E-state index contributed by atoms with van der Waals surface area (Å²) < 4.78 is 66.9. The molecule has 0 unspecified atom stereocenters. The van der Waals surface area contributed by atoms with Crippen LogP contribution in [0.15, 0.2) is 53.5 Å². The van der Waals surface area contributed by atoms with Gasteiger partial charge in [0.1, 0.15) is 17.4 Å². The molecule has 0 bridgehead atoms. The largest absolute Gasteiger partial charge is 0.480 e. The van der Waals surface area contributed by atoms with E-state index < -0.39 is 79.9 Å². The predicted octanol–water partition coefficient (Wildman–Crippen LogP) is 4.75. The zero-order valence-corrected chi connectivity index (χ0v) is 31.5. The molecule has 18 nitrogen and oxygen atoms in total. The van der Waals surface area contributed by atoms with Crippen LogP contribution in [0.25, 0.3) is 11.2 Å². The molecule has 0 radical (unpaired) electrons. The van der Waals surface area contributed by atoms with Gasteiger partial charge in [0.15, 0.2) is 11.2 Å². The smallest absolute Gasteiger partial charge is 0.416 e. The Morgan fingerprint density at radius 3 is 2.35 bits per heavy atom. The number of aliphatic carboxylic acids is 1. The van der Waals surface area contributed by atoms with E-state index in [9.17, 15) is 42.3 Å². The number of nitrogens with two attached hydrogens (primary N) is 1. The molecule has 6 N–H and O–H groups in total. The Hall–Kier alpha value is -5.76. The highest BCUT2D eigenvalue weighted by Gasteiger charge is 2.33. The zero-order chi connectivity index (χ0) is 41.5. The fourth-order valence-corrected chi connectivity index (χ4v) is 5.71. The number of fused-ring (bicyclic) bond motifs is 1. The molecule has 4 aromatic rings. The Bertz CT molecular complexity index is 2080. The highest BCUT2D eigenvalue weighted by molar-refractivity contribution is 7.41. The van der Waals surface area contributed by atoms with Gasteiger partial charge in [0, 0.05) is 17.7 Å². The molecule has 0 aliphatic heterocycles. The first-order chi connectivity index (χ1) is 27.2. The topological polar surface area (TPSA) is 256 Å². The van der Waals surface area contributed by atoms with Crippen molar-refractivity contribution in [3.63, 3.8) is 0 Å².